The van der Waals surface area contributed by atoms with Crippen molar-refractivity contribution in [1.82, 2.24) is 5.32 Å². The molecule has 0 saturated carbocycles. The highest BCUT2D eigenvalue weighted by Gasteiger charge is 2.37. The molecule has 4 rings (SSSR count). The number of carbonyl (C=O) groups excluding carboxylic acids is 3. The zero-order valence-corrected chi connectivity index (χ0v) is 21.7. The molecule has 172 valence electrons. The summed E-state index contributed by atoms with van der Waals surface area (Å²) in [6.45, 7) is 2.11. The van der Waals surface area contributed by atoms with Crippen LogP contribution in [0.4, 0.5) is 10.5 Å². The van der Waals surface area contributed by atoms with E-state index in [1.54, 1.807) is 31.2 Å². The van der Waals surface area contributed by atoms with Crippen LogP contribution in [0.3, 0.4) is 0 Å². The summed E-state index contributed by atoms with van der Waals surface area (Å²) >= 11 is 13.1. The lowest BCUT2D eigenvalue weighted by Crippen LogP contribution is -2.54. The number of urea groups is 1. The molecule has 0 aromatic heterocycles. The number of rotatable bonds is 5. The van der Waals surface area contributed by atoms with E-state index in [-0.39, 0.29) is 5.57 Å². The van der Waals surface area contributed by atoms with Gasteiger partial charge in [-0.05, 0) is 85.8 Å². The number of hydrogen-bond acceptors (Lipinski definition) is 4. The molecule has 3 aromatic carbocycles. The summed E-state index contributed by atoms with van der Waals surface area (Å²) < 4.78 is 7.19. The van der Waals surface area contributed by atoms with Crippen LogP contribution < -0.4 is 15.0 Å². The molecular formula is C25H17Br2ClN2O4. The van der Waals surface area contributed by atoms with Crippen molar-refractivity contribution in [3.8, 4) is 5.75 Å². The predicted molar refractivity (Wildman–Crippen MR) is 138 cm³/mol. The summed E-state index contributed by atoms with van der Waals surface area (Å²) in [5, 5.41) is 2.59. The Balaban J connectivity index is 1.64. The molecule has 6 nitrogen and oxygen atoms in total. The van der Waals surface area contributed by atoms with E-state index in [2.05, 4.69) is 37.2 Å². The minimum atomic E-state index is -0.829. The van der Waals surface area contributed by atoms with E-state index in [1.807, 2.05) is 30.3 Å². The van der Waals surface area contributed by atoms with E-state index < -0.39 is 17.8 Å². The molecule has 1 N–H and O–H groups in total. The van der Waals surface area contributed by atoms with E-state index in [4.69, 9.17) is 16.3 Å². The third kappa shape index (κ3) is 5.09. The average Bonchev–Trinajstić information content (AvgIpc) is 2.79. The van der Waals surface area contributed by atoms with Crippen LogP contribution in [0.2, 0.25) is 5.02 Å². The van der Waals surface area contributed by atoms with E-state index in [0.29, 0.717) is 43.1 Å². The Morgan fingerprint density at radius 3 is 2.35 bits per heavy atom. The van der Waals surface area contributed by atoms with Gasteiger partial charge >= 0.3 is 6.03 Å². The van der Waals surface area contributed by atoms with Crippen molar-refractivity contribution in [2.75, 3.05) is 4.90 Å². The van der Waals surface area contributed by atoms with Crippen LogP contribution >= 0.6 is 43.5 Å². The fourth-order valence-electron chi connectivity index (χ4n) is 3.40. The summed E-state index contributed by atoms with van der Waals surface area (Å²) in [5.41, 5.74) is 2.35. The fraction of sp³-hybridized carbons (Fsp3) is 0.0800. The summed E-state index contributed by atoms with van der Waals surface area (Å²) in [5.74, 6) is -0.935. The molecule has 0 spiro atoms. The number of aryl methyl sites for hydroxylation is 1. The first-order valence-corrected chi connectivity index (χ1v) is 12.0. The number of hydrogen-bond donors (Lipinski definition) is 1. The van der Waals surface area contributed by atoms with Crippen molar-refractivity contribution in [2.45, 2.75) is 13.5 Å². The molecule has 0 bridgehead atoms. The Morgan fingerprint density at radius 1 is 1.00 bits per heavy atom. The number of imide groups is 2. The fourth-order valence-corrected chi connectivity index (χ4v) is 5.01. The second-order valence-corrected chi connectivity index (χ2v) is 9.62. The van der Waals surface area contributed by atoms with E-state index in [9.17, 15) is 14.4 Å². The van der Waals surface area contributed by atoms with Crippen LogP contribution in [0.25, 0.3) is 6.08 Å². The molecule has 1 heterocycles. The van der Waals surface area contributed by atoms with Gasteiger partial charge in [0.1, 0.15) is 17.9 Å². The molecule has 3 aromatic rings. The SMILES string of the molecule is Cc1ccc(Cl)cc1N1C(=O)NC(=O)/C(=C\c2cc(Br)c(OCc3ccccc3)c(Br)c2)C1=O. The number of ether oxygens (including phenoxy) is 1. The summed E-state index contributed by atoms with van der Waals surface area (Å²) in [6, 6.07) is 17.2. The lowest BCUT2D eigenvalue weighted by atomic mass is 10.1. The minimum absolute atomic E-state index is 0.185. The highest BCUT2D eigenvalue weighted by atomic mass is 79.9. The zero-order chi connectivity index (χ0) is 24.4. The Labute approximate surface area is 217 Å². The number of carbonyl (C=O) groups is 3. The molecule has 0 atom stereocenters. The molecule has 0 aliphatic carbocycles. The van der Waals surface area contributed by atoms with E-state index in [1.165, 1.54) is 12.1 Å². The molecule has 0 unspecified atom stereocenters. The van der Waals surface area contributed by atoms with E-state index >= 15 is 0 Å². The van der Waals surface area contributed by atoms with Crippen LogP contribution in [0, 0.1) is 6.92 Å². The monoisotopic (exact) mass is 602 g/mol. The summed E-state index contributed by atoms with van der Waals surface area (Å²) in [7, 11) is 0. The molecule has 1 fully saturated rings. The molecular weight excluding hydrogens is 588 g/mol. The normalized spacial score (nSPS) is 15.0. The lowest BCUT2D eigenvalue weighted by molar-refractivity contribution is -0.122. The van der Waals surface area contributed by atoms with Crippen LogP contribution in [0.5, 0.6) is 5.75 Å². The number of nitrogens with zero attached hydrogens (tertiary/aromatic N) is 1. The van der Waals surface area contributed by atoms with Crippen molar-refractivity contribution in [3.05, 3.63) is 96.9 Å². The smallest absolute Gasteiger partial charge is 0.335 e. The van der Waals surface area contributed by atoms with Gasteiger partial charge in [-0.15, -0.1) is 0 Å². The zero-order valence-electron chi connectivity index (χ0n) is 17.8. The van der Waals surface area contributed by atoms with Crippen LogP contribution in [0.15, 0.2) is 75.2 Å². The number of benzene rings is 3. The van der Waals surface area contributed by atoms with Gasteiger partial charge in [-0.25, -0.2) is 9.69 Å². The van der Waals surface area contributed by atoms with Crippen LogP contribution in [-0.4, -0.2) is 17.8 Å². The van der Waals surface area contributed by atoms with Gasteiger partial charge in [0.15, 0.2) is 0 Å². The van der Waals surface area contributed by atoms with Crippen molar-refractivity contribution < 1.29 is 19.1 Å². The summed E-state index contributed by atoms with van der Waals surface area (Å²) in [6.07, 6.45) is 1.42. The minimum Gasteiger partial charge on any atom is -0.487 e. The highest BCUT2D eigenvalue weighted by molar-refractivity contribution is 9.11. The van der Waals surface area contributed by atoms with E-state index in [0.717, 1.165) is 10.5 Å². The molecule has 4 amide bonds. The first-order valence-electron chi connectivity index (χ1n) is 10.1. The Kier molecular flexibility index (Phi) is 7.21. The third-order valence-corrected chi connectivity index (χ3v) is 6.48. The maximum absolute atomic E-state index is 13.2. The second kappa shape index (κ2) is 10.1. The number of amides is 4. The van der Waals surface area contributed by atoms with Gasteiger partial charge in [0.25, 0.3) is 11.8 Å². The van der Waals surface area contributed by atoms with Crippen molar-refractivity contribution in [2.24, 2.45) is 0 Å². The third-order valence-electron chi connectivity index (χ3n) is 5.07. The van der Waals surface area contributed by atoms with Crippen molar-refractivity contribution in [1.29, 1.82) is 0 Å². The van der Waals surface area contributed by atoms with Gasteiger partial charge in [-0.2, -0.15) is 0 Å². The topological polar surface area (TPSA) is 75.7 Å². The Bertz CT molecular complexity index is 1320. The lowest BCUT2D eigenvalue weighted by Gasteiger charge is -2.27. The summed E-state index contributed by atoms with van der Waals surface area (Å²) in [4.78, 5) is 39.1. The number of nitrogens with one attached hydrogen (secondary N) is 1. The Morgan fingerprint density at radius 2 is 1.68 bits per heavy atom. The largest absolute Gasteiger partial charge is 0.487 e. The molecule has 9 heteroatoms. The number of barbiturate groups is 1. The first kappa shape index (κ1) is 24.2. The molecule has 1 saturated heterocycles. The maximum Gasteiger partial charge on any atom is 0.335 e. The molecule has 0 radical (unpaired) electrons. The quantitative estimate of drug-likeness (QED) is 0.270. The molecule has 1 aliphatic heterocycles. The Hall–Kier alpha value is -2.94. The average molecular weight is 605 g/mol. The predicted octanol–water partition coefficient (Wildman–Crippen LogP) is 6.42. The number of halogens is 3. The van der Waals surface area contributed by atoms with Gasteiger partial charge in [-0.1, -0.05) is 48.0 Å². The first-order chi connectivity index (χ1) is 16.2. The van der Waals surface area contributed by atoms with Crippen LogP contribution in [0.1, 0.15) is 16.7 Å². The standard InChI is InChI=1S/C25H17Br2ClN2O4/c1-14-7-8-17(28)12-21(14)30-24(32)18(23(31)29-25(30)33)9-16-10-19(26)22(20(27)11-16)34-13-15-5-3-2-4-6-15/h2-12H,13H2,1H3,(H,29,31,33)/b18-9+. The van der Waals surface area contributed by atoms with Crippen molar-refractivity contribution >= 4 is 73.1 Å². The van der Waals surface area contributed by atoms with Gasteiger partial charge in [-0.3, -0.25) is 14.9 Å². The van der Waals surface area contributed by atoms with Gasteiger partial charge in [0.2, 0.25) is 0 Å². The molecule has 34 heavy (non-hydrogen) atoms. The van der Waals surface area contributed by atoms with Crippen LogP contribution in [-0.2, 0) is 16.2 Å². The van der Waals surface area contributed by atoms with Crippen molar-refractivity contribution in [3.63, 3.8) is 0 Å². The maximum atomic E-state index is 13.2. The highest BCUT2D eigenvalue weighted by Crippen LogP contribution is 2.36. The van der Waals surface area contributed by atoms with Gasteiger partial charge in [0, 0.05) is 5.02 Å². The number of anilines is 1. The second-order valence-electron chi connectivity index (χ2n) is 7.48. The van der Waals surface area contributed by atoms with Gasteiger partial charge in [0.05, 0.1) is 14.6 Å². The van der Waals surface area contributed by atoms with Gasteiger partial charge < -0.3 is 4.74 Å². The molecule has 1 aliphatic rings.